The van der Waals surface area contributed by atoms with Gasteiger partial charge < -0.3 is 5.32 Å². The Morgan fingerprint density at radius 3 is 3.08 bits per heavy atom. The van der Waals surface area contributed by atoms with E-state index in [1.54, 1.807) is 5.38 Å². The number of carbonyl (C=O) groups excluding carboxylic acids is 2. The van der Waals surface area contributed by atoms with Gasteiger partial charge in [0, 0.05) is 12.3 Å². The van der Waals surface area contributed by atoms with Crippen LogP contribution in [0.15, 0.2) is 5.38 Å². The van der Waals surface area contributed by atoms with E-state index in [1.807, 2.05) is 0 Å². The molecule has 0 aliphatic carbocycles. The van der Waals surface area contributed by atoms with Gasteiger partial charge in [0.1, 0.15) is 0 Å². The van der Waals surface area contributed by atoms with Crippen LogP contribution in [0.4, 0.5) is 0 Å². The fourth-order valence-corrected chi connectivity index (χ4v) is 1.29. The topological polar surface area (TPSA) is 59.1 Å². The largest absolute Gasteiger partial charge is 0.351 e. The van der Waals surface area contributed by atoms with Gasteiger partial charge in [-0.15, -0.1) is 11.3 Å². The van der Waals surface area contributed by atoms with Gasteiger partial charge in [0.25, 0.3) is 0 Å². The summed E-state index contributed by atoms with van der Waals surface area (Å²) in [4.78, 5) is 24.6. The van der Waals surface area contributed by atoms with E-state index in [0.717, 1.165) is 5.69 Å². The zero-order valence-corrected chi connectivity index (χ0v) is 7.35. The third kappa shape index (κ3) is 2.43. The maximum Gasteiger partial charge on any atom is 0.217 e. The average molecular weight is 184 g/mol. The SMILES string of the molecule is CC(=O)NCc1csc(C=O)n1. The maximum absolute atomic E-state index is 10.5. The Hall–Kier alpha value is -1.23. The first kappa shape index (κ1) is 8.86. The van der Waals surface area contributed by atoms with E-state index in [0.29, 0.717) is 17.8 Å². The molecule has 1 aromatic rings. The van der Waals surface area contributed by atoms with Crippen molar-refractivity contribution >= 4 is 23.5 Å². The van der Waals surface area contributed by atoms with Crippen molar-refractivity contribution in [3.05, 3.63) is 16.1 Å². The lowest BCUT2D eigenvalue weighted by molar-refractivity contribution is -0.119. The van der Waals surface area contributed by atoms with Crippen LogP contribution in [0.2, 0.25) is 0 Å². The van der Waals surface area contributed by atoms with Gasteiger partial charge in [0.15, 0.2) is 11.3 Å². The van der Waals surface area contributed by atoms with E-state index in [4.69, 9.17) is 0 Å². The molecule has 0 atom stereocenters. The highest BCUT2D eigenvalue weighted by Crippen LogP contribution is 2.06. The van der Waals surface area contributed by atoms with E-state index in [-0.39, 0.29) is 5.91 Å². The molecule has 64 valence electrons. The number of nitrogens with one attached hydrogen (secondary N) is 1. The molecule has 4 nitrogen and oxygen atoms in total. The van der Waals surface area contributed by atoms with Crippen LogP contribution in [0.5, 0.6) is 0 Å². The number of thiazole rings is 1. The molecule has 1 amide bonds. The second kappa shape index (κ2) is 3.96. The second-order valence-electron chi connectivity index (χ2n) is 2.20. The Bertz CT molecular complexity index is 295. The minimum atomic E-state index is -0.101. The molecule has 1 rings (SSSR count). The van der Waals surface area contributed by atoms with Gasteiger partial charge in [-0.3, -0.25) is 9.59 Å². The minimum Gasteiger partial charge on any atom is -0.351 e. The first-order valence-electron chi connectivity index (χ1n) is 3.36. The summed E-state index contributed by atoms with van der Waals surface area (Å²) in [6, 6.07) is 0. The zero-order chi connectivity index (χ0) is 8.97. The third-order valence-electron chi connectivity index (χ3n) is 1.19. The van der Waals surface area contributed by atoms with Crippen molar-refractivity contribution in [3.8, 4) is 0 Å². The zero-order valence-electron chi connectivity index (χ0n) is 6.53. The molecule has 0 spiro atoms. The van der Waals surface area contributed by atoms with Gasteiger partial charge in [-0.1, -0.05) is 0 Å². The van der Waals surface area contributed by atoms with Crippen LogP contribution in [0.1, 0.15) is 22.4 Å². The lowest BCUT2D eigenvalue weighted by Crippen LogP contribution is -2.19. The second-order valence-corrected chi connectivity index (χ2v) is 3.09. The lowest BCUT2D eigenvalue weighted by atomic mass is 10.5. The molecule has 1 heterocycles. The number of aldehydes is 1. The molecule has 1 aromatic heterocycles. The molecule has 0 fully saturated rings. The van der Waals surface area contributed by atoms with Crippen LogP contribution < -0.4 is 5.32 Å². The van der Waals surface area contributed by atoms with E-state index in [9.17, 15) is 9.59 Å². The van der Waals surface area contributed by atoms with Crippen LogP contribution in [-0.2, 0) is 11.3 Å². The molecule has 0 bridgehead atoms. The highest BCUT2D eigenvalue weighted by atomic mass is 32.1. The Kier molecular flexibility index (Phi) is 2.93. The Balaban J connectivity index is 2.52. The molecule has 5 heteroatoms. The van der Waals surface area contributed by atoms with Crippen LogP contribution in [0.25, 0.3) is 0 Å². The van der Waals surface area contributed by atoms with E-state index < -0.39 is 0 Å². The number of aromatic nitrogens is 1. The van der Waals surface area contributed by atoms with Crippen molar-refractivity contribution in [2.45, 2.75) is 13.5 Å². The number of hydrogen-bond donors (Lipinski definition) is 1. The average Bonchev–Trinajstić information content (AvgIpc) is 2.48. The fraction of sp³-hybridized carbons (Fsp3) is 0.286. The summed E-state index contributed by atoms with van der Waals surface area (Å²) in [6.45, 7) is 1.83. The van der Waals surface area contributed by atoms with Gasteiger partial charge in [0.05, 0.1) is 12.2 Å². The third-order valence-corrected chi connectivity index (χ3v) is 2.01. The number of hydrogen-bond acceptors (Lipinski definition) is 4. The normalized spacial score (nSPS) is 9.42. The molecule has 1 N–H and O–H groups in total. The predicted octanol–water partition coefficient (Wildman–Crippen LogP) is 0.592. The summed E-state index contributed by atoms with van der Waals surface area (Å²) in [7, 11) is 0. The van der Waals surface area contributed by atoms with Gasteiger partial charge in [-0.25, -0.2) is 4.98 Å². The molecule has 0 unspecified atom stereocenters. The van der Waals surface area contributed by atoms with Gasteiger partial charge >= 0.3 is 0 Å². The Morgan fingerprint density at radius 1 is 1.83 bits per heavy atom. The van der Waals surface area contributed by atoms with E-state index >= 15 is 0 Å². The lowest BCUT2D eigenvalue weighted by Gasteiger charge is -1.95. The van der Waals surface area contributed by atoms with Gasteiger partial charge in [-0.2, -0.15) is 0 Å². The standard InChI is InChI=1S/C7H8N2O2S/c1-5(11)8-2-6-4-12-7(3-10)9-6/h3-4H,2H2,1H3,(H,8,11). The van der Waals surface area contributed by atoms with E-state index in [2.05, 4.69) is 10.3 Å². The number of amides is 1. The van der Waals surface area contributed by atoms with Crippen LogP contribution in [0.3, 0.4) is 0 Å². The van der Waals surface area contributed by atoms with Crippen LogP contribution >= 0.6 is 11.3 Å². The summed E-state index contributed by atoms with van der Waals surface area (Å²) >= 11 is 1.27. The fourth-order valence-electron chi connectivity index (χ4n) is 0.673. The number of rotatable bonds is 3. The molecule has 0 saturated heterocycles. The summed E-state index contributed by atoms with van der Waals surface area (Å²) in [6.07, 6.45) is 0.696. The van der Waals surface area contributed by atoms with Crippen molar-refractivity contribution in [2.75, 3.05) is 0 Å². The monoisotopic (exact) mass is 184 g/mol. The predicted molar refractivity (Wildman–Crippen MR) is 45.0 cm³/mol. The summed E-state index contributed by atoms with van der Waals surface area (Å²) in [5, 5.41) is 4.78. The van der Waals surface area contributed by atoms with Crippen LogP contribution in [0, 0.1) is 0 Å². The van der Waals surface area contributed by atoms with Gasteiger partial charge in [0.2, 0.25) is 5.91 Å². The first-order valence-corrected chi connectivity index (χ1v) is 4.24. The van der Waals surface area contributed by atoms with Gasteiger partial charge in [-0.05, 0) is 0 Å². The summed E-state index contributed by atoms with van der Waals surface area (Å²) in [5.74, 6) is -0.101. The van der Waals surface area contributed by atoms with Crippen molar-refractivity contribution in [1.29, 1.82) is 0 Å². The van der Waals surface area contributed by atoms with Crippen LogP contribution in [-0.4, -0.2) is 17.2 Å². The molecule has 0 radical (unpaired) electrons. The summed E-state index contributed by atoms with van der Waals surface area (Å²) in [5.41, 5.74) is 0.720. The smallest absolute Gasteiger partial charge is 0.217 e. The van der Waals surface area contributed by atoms with Crippen molar-refractivity contribution in [3.63, 3.8) is 0 Å². The highest BCUT2D eigenvalue weighted by molar-refractivity contribution is 7.11. The summed E-state index contributed by atoms with van der Waals surface area (Å²) < 4.78 is 0. The molecular formula is C7H8N2O2S. The van der Waals surface area contributed by atoms with Crippen molar-refractivity contribution in [1.82, 2.24) is 10.3 Å². The Labute approximate surface area is 73.6 Å². The molecule has 12 heavy (non-hydrogen) atoms. The first-order chi connectivity index (χ1) is 5.72. The quantitative estimate of drug-likeness (QED) is 0.699. The Morgan fingerprint density at radius 2 is 2.58 bits per heavy atom. The highest BCUT2D eigenvalue weighted by Gasteiger charge is 2.00. The number of carbonyl (C=O) groups is 2. The minimum absolute atomic E-state index is 0.101. The van der Waals surface area contributed by atoms with Crippen molar-refractivity contribution in [2.24, 2.45) is 0 Å². The molecule has 0 aliphatic rings. The number of nitrogens with zero attached hydrogens (tertiary/aromatic N) is 1. The van der Waals surface area contributed by atoms with E-state index in [1.165, 1.54) is 18.3 Å². The molecular weight excluding hydrogens is 176 g/mol. The molecule has 0 saturated carbocycles. The van der Waals surface area contributed by atoms with Crippen molar-refractivity contribution < 1.29 is 9.59 Å². The maximum atomic E-state index is 10.5. The molecule has 0 aromatic carbocycles. The molecule has 0 aliphatic heterocycles.